The number of aromatic nitrogens is 1. The monoisotopic (exact) mass is 420 g/mol. The van der Waals surface area contributed by atoms with Crippen LogP contribution in [0.15, 0.2) is 61.1 Å². The number of carboxylic acid groups (broad SMARTS) is 1. The summed E-state index contributed by atoms with van der Waals surface area (Å²) < 4.78 is 0. The third kappa shape index (κ3) is 7.29. The molecule has 2 heterocycles. The van der Waals surface area contributed by atoms with Crippen LogP contribution in [0.3, 0.4) is 0 Å². The predicted octanol–water partition coefficient (Wildman–Crippen LogP) is 3.58. The third-order valence-corrected chi connectivity index (χ3v) is 4.89. The lowest BCUT2D eigenvalue weighted by atomic mass is 9.98. The number of anilines is 1. The summed E-state index contributed by atoms with van der Waals surface area (Å²) in [5.74, 6) is -0.114. The SMILES string of the molecule is O=C(O)CC1=CN(CC(=O)NCCCCCNc2ccccn2)C=Cc2ccccc21. The molecule has 0 radical (unpaired) electrons. The summed E-state index contributed by atoms with van der Waals surface area (Å²) >= 11 is 0. The number of carbonyl (C=O) groups is 2. The molecule has 1 aromatic carbocycles. The minimum Gasteiger partial charge on any atom is -0.481 e. The molecule has 0 bridgehead atoms. The highest BCUT2D eigenvalue weighted by Crippen LogP contribution is 2.26. The van der Waals surface area contributed by atoms with Crippen molar-refractivity contribution in [3.05, 3.63) is 72.2 Å². The summed E-state index contributed by atoms with van der Waals surface area (Å²) in [6.45, 7) is 1.61. The van der Waals surface area contributed by atoms with Crippen molar-refractivity contribution in [1.29, 1.82) is 0 Å². The van der Waals surface area contributed by atoms with Crippen LogP contribution in [0.4, 0.5) is 5.82 Å². The first-order chi connectivity index (χ1) is 15.1. The Kier molecular flexibility index (Phi) is 8.22. The van der Waals surface area contributed by atoms with Gasteiger partial charge in [-0.2, -0.15) is 0 Å². The molecule has 0 saturated heterocycles. The van der Waals surface area contributed by atoms with Crippen molar-refractivity contribution < 1.29 is 14.7 Å². The fourth-order valence-electron chi connectivity index (χ4n) is 3.39. The molecule has 7 heteroatoms. The summed E-state index contributed by atoms with van der Waals surface area (Å²) in [7, 11) is 0. The van der Waals surface area contributed by atoms with Crippen molar-refractivity contribution in [2.45, 2.75) is 25.7 Å². The first-order valence-electron chi connectivity index (χ1n) is 10.5. The predicted molar refractivity (Wildman–Crippen MR) is 122 cm³/mol. The zero-order valence-electron chi connectivity index (χ0n) is 17.5. The van der Waals surface area contributed by atoms with E-state index in [1.807, 2.05) is 54.7 Å². The number of hydrogen-bond donors (Lipinski definition) is 3. The van der Waals surface area contributed by atoms with E-state index in [2.05, 4.69) is 15.6 Å². The zero-order valence-corrected chi connectivity index (χ0v) is 17.5. The molecule has 0 spiro atoms. The molecule has 162 valence electrons. The van der Waals surface area contributed by atoms with Crippen molar-refractivity contribution in [2.24, 2.45) is 0 Å². The van der Waals surface area contributed by atoms with Gasteiger partial charge in [-0.15, -0.1) is 0 Å². The number of carboxylic acids is 1. The normalized spacial score (nSPS) is 12.5. The van der Waals surface area contributed by atoms with Crippen molar-refractivity contribution >= 4 is 29.3 Å². The summed E-state index contributed by atoms with van der Waals surface area (Å²) in [5, 5.41) is 15.5. The van der Waals surface area contributed by atoms with Gasteiger partial charge in [-0.1, -0.05) is 30.3 Å². The summed E-state index contributed by atoms with van der Waals surface area (Å²) in [6, 6.07) is 13.4. The van der Waals surface area contributed by atoms with Gasteiger partial charge in [0.15, 0.2) is 0 Å². The Balaban J connectivity index is 1.41. The van der Waals surface area contributed by atoms with E-state index in [0.717, 1.165) is 42.8 Å². The third-order valence-electron chi connectivity index (χ3n) is 4.89. The van der Waals surface area contributed by atoms with E-state index in [4.69, 9.17) is 0 Å². The van der Waals surface area contributed by atoms with E-state index in [-0.39, 0.29) is 18.9 Å². The number of carbonyl (C=O) groups excluding carboxylic acids is 1. The second-order valence-electron chi connectivity index (χ2n) is 7.35. The molecule has 0 saturated carbocycles. The lowest BCUT2D eigenvalue weighted by molar-refractivity contribution is -0.135. The highest BCUT2D eigenvalue weighted by atomic mass is 16.4. The van der Waals surface area contributed by atoms with Gasteiger partial charge in [0.1, 0.15) is 12.4 Å². The lowest BCUT2D eigenvalue weighted by Gasteiger charge is -2.16. The van der Waals surface area contributed by atoms with Crippen LogP contribution in [-0.2, 0) is 9.59 Å². The number of nitrogens with zero attached hydrogens (tertiary/aromatic N) is 2. The van der Waals surface area contributed by atoms with Gasteiger partial charge in [0.2, 0.25) is 5.91 Å². The Morgan fingerprint density at radius 3 is 2.61 bits per heavy atom. The fraction of sp³-hybridized carbons (Fsp3) is 0.292. The molecular formula is C24H28N4O3. The van der Waals surface area contributed by atoms with E-state index in [9.17, 15) is 14.7 Å². The van der Waals surface area contributed by atoms with Crippen LogP contribution in [0.5, 0.6) is 0 Å². The topological polar surface area (TPSA) is 94.6 Å². The molecular weight excluding hydrogens is 392 g/mol. The van der Waals surface area contributed by atoms with Gasteiger partial charge in [0.05, 0.1) is 6.42 Å². The Hall–Kier alpha value is -3.61. The number of rotatable bonds is 11. The molecule has 3 rings (SSSR count). The number of nitrogens with one attached hydrogen (secondary N) is 2. The molecule has 0 aliphatic carbocycles. The number of fused-ring (bicyclic) bond motifs is 1. The van der Waals surface area contributed by atoms with E-state index in [1.165, 1.54) is 0 Å². The van der Waals surface area contributed by atoms with Gasteiger partial charge in [0.25, 0.3) is 0 Å². The van der Waals surface area contributed by atoms with Crippen molar-refractivity contribution in [1.82, 2.24) is 15.2 Å². The van der Waals surface area contributed by atoms with Gasteiger partial charge in [-0.3, -0.25) is 9.59 Å². The molecule has 31 heavy (non-hydrogen) atoms. The molecule has 0 fully saturated rings. The number of hydrogen-bond acceptors (Lipinski definition) is 5. The van der Waals surface area contributed by atoms with Crippen LogP contribution in [-0.4, -0.2) is 46.5 Å². The van der Waals surface area contributed by atoms with Gasteiger partial charge in [-0.05, 0) is 54.2 Å². The largest absolute Gasteiger partial charge is 0.481 e. The minimum absolute atomic E-state index is 0.0897. The van der Waals surface area contributed by atoms with E-state index >= 15 is 0 Å². The maximum absolute atomic E-state index is 12.3. The van der Waals surface area contributed by atoms with Crippen molar-refractivity contribution in [3.63, 3.8) is 0 Å². The van der Waals surface area contributed by atoms with Crippen molar-refractivity contribution in [2.75, 3.05) is 25.0 Å². The molecule has 1 aliphatic rings. The Labute approximate surface area is 182 Å². The molecule has 7 nitrogen and oxygen atoms in total. The number of aliphatic carboxylic acids is 1. The van der Waals surface area contributed by atoms with Gasteiger partial charge in [0, 0.05) is 31.7 Å². The Morgan fingerprint density at radius 2 is 1.81 bits per heavy atom. The average molecular weight is 421 g/mol. The number of amides is 1. The molecule has 0 unspecified atom stereocenters. The highest BCUT2D eigenvalue weighted by Gasteiger charge is 2.15. The molecule has 0 atom stereocenters. The first-order valence-corrected chi connectivity index (χ1v) is 10.5. The summed E-state index contributed by atoms with van der Waals surface area (Å²) in [6.07, 6.45) is 10.0. The molecule has 3 N–H and O–H groups in total. The average Bonchev–Trinajstić information content (AvgIpc) is 2.93. The number of unbranched alkanes of at least 4 members (excludes halogenated alkanes) is 2. The van der Waals surface area contributed by atoms with Crippen LogP contribution in [0.25, 0.3) is 11.6 Å². The number of pyridine rings is 1. The fourth-order valence-corrected chi connectivity index (χ4v) is 3.39. The molecule has 1 aromatic heterocycles. The van der Waals surface area contributed by atoms with Crippen LogP contribution in [0.1, 0.15) is 36.8 Å². The number of benzene rings is 1. The zero-order chi connectivity index (χ0) is 21.9. The van der Waals surface area contributed by atoms with Crippen LogP contribution in [0.2, 0.25) is 0 Å². The van der Waals surface area contributed by atoms with E-state index < -0.39 is 5.97 Å². The highest BCUT2D eigenvalue weighted by molar-refractivity contribution is 5.87. The summed E-state index contributed by atoms with van der Waals surface area (Å²) in [4.78, 5) is 29.6. The second-order valence-corrected chi connectivity index (χ2v) is 7.35. The van der Waals surface area contributed by atoms with Crippen LogP contribution in [0, 0.1) is 0 Å². The summed E-state index contributed by atoms with van der Waals surface area (Å²) in [5.41, 5.74) is 2.50. The van der Waals surface area contributed by atoms with E-state index in [1.54, 1.807) is 17.3 Å². The van der Waals surface area contributed by atoms with E-state index in [0.29, 0.717) is 12.1 Å². The molecule has 1 amide bonds. The Bertz CT molecular complexity index is 941. The Morgan fingerprint density at radius 1 is 1.00 bits per heavy atom. The molecule has 1 aliphatic heterocycles. The smallest absolute Gasteiger partial charge is 0.307 e. The van der Waals surface area contributed by atoms with Gasteiger partial charge < -0.3 is 20.6 Å². The maximum atomic E-state index is 12.3. The van der Waals surface area contributed by atoms with Gasteiger partial charge >= 0.3 is 5.97 Å². The lowest BCUT2D eigenvalue weighted by Crippen LogP contribution is -2.33. The first kappa shape index (κ1) is 22.1. The molecule has 2 aromatic rings. The van der Waals surface area contributed by atoms with Crippen LogP contribution >= 0.6 is 0 Å². The quantitative estimate of drug-likeness (QED) is 0.481. The standard InChI is InChI=1S/C24H28N4O3/c29-23(27-14-6-1-5-12-25-22-10-4-7-13-26-22)18-28-15-11-19-8-2-3-9-21(19)20(17-28)16-24(30)31/h2-4,7-11,13,15,17H,1,5-6,12,14,16,18H2,(H,25,26)(H,27,29)(H,30,31). The van der Waals surface area contributed by atoms with Crippen LogP contribution < -0.4 is 10.6 Å². The second kappa shape index (κ2) is 11.5. The maximum Gasteiger partial charge on any atom is 0.307 e. The minimum atomic E-state index is -0.898. The van der Waals surface area contributed by atoms with Gasteiger partial charge in [-0.25, -0.2) is 4.98 Å². The van der Waals surface area contributed by atoms with Crippen molar-refractivity contribution in [3.8, 4) is 0 Å².